The molecule has 0 unspecified atom stereocenters. The minimum atomic E-state index is -3.51. The molecule has 2 fully saturated rings. The molecule has 4 nitrogen and oxygen atoms in total. The molecular weight excluding hydrogens is 382 g/mol. The summed E-state index contributed by atoms with van der Waals surface area (Å²) in [6.07, 6.45) is 8.36. The smallest absolute Gasteiger partial charge is 0.306 e. The van der Waals surface area contributed by atoms with Crippen LogP contribution >= 0.6 is 0 Å². The van der Waals surface area contributed by atoms with Crippen LogP contribution in [0.15, 0.2) is 48.5 Å². The van der Waals surface area contributed by atoms with Crippen LogP contribution in [0.2, 0.25) is 0 Å². The van der Waals surface area contributed by atoms with Crippen molar-refractivity contribution in [1.82, 2.24) is 4.90 Å². The molecule has 2 bridgehead atoms. The Balaban J connectivity index is 1.52. The highest BCUT2D eigenvalue weighted by molar-refractivity contribution is 7.86. The van der Waals surface area contributed by atoms with Crippen molar-refractivity contribution in [3.8, 4) is 5.75 Å². The Kier molecular flexibility index (Phi) is 4.71. The van der Waals surface area contributed by atoms with Gasteiger partial charge in [0.2, 0.25) is 0 Å². The summed E-state index contributed by atoms with van der Waals surface area (Å²) in [5, 5.41) is 0. The van der Waals surface area contributed by atoms with Crippen molar-refractivity contribution in [2.75, 3.05) is 12.8 Å². The quantitative estimate of drug-likeness (QED) is 0.705. The molecule has 0 spiro atoms. The van der Waals surface area contributed by atoms with Crippen LogP contribution in [0.25, 0.3) is 0 Å². The lowest BCUT2D eigenvalue weighted by molar-refractivity contribution is -0.0157. The summed E-state index contributed by atoms with van der Waals surface area (Å²) in [6.45, 7) is 2.12. The molecule has 2 aliphatic carbocycles. The van der Waals surface area contributed by atoms with Crippen LogP contribution in [0.3, 0.4) is 0 Å². The summed E-state index contributed by atoms with van der Waals surface area (Å²) in [5.74, 6) is 1.12. The summed E-state index contributed by atoms with van der Waals surface area (Å²) in [7, 11) is -3.51. The van der Waals surface area contributed by atoms with E-state index in [1.54, 1.807) is 0 Å². The first kappa shape index (κ1) is 19.1. The molecule has 0 radical (unpaired) electrons. The molecule has 1 heterocycles. The Morgan fingerprint density at radius 2 is 1.93 bits per heavy atom. The molecule has 2 aromatic rings. The molecule has 3 aliphatic rings. The van der Waals surface area contributed by atoms with E-state index in [0.29, 0.717) is 17.7 Å². The number of fused-ring (bicyclic) bond motifs is 1. The van der Waals surface area contributed by atoms with E-state index in [0.717, 1.165) is 32.2 Å². The van der Waals surface area contributed by atoms with Crippen molar-refractivity contribution in [2.24, 2.45) is 5.92 Å². The van der Waals surface area contributed by atoms with E-state index in [2.05, 4.69) is 41.3 Å². The Labute approximate surface area is 174 Å². The van der Waals surface area contributed by atoms with Crippen molar-refractivity contribution in [3.05, 3.63) is 65.2 Å². The first-order valence-electron chi connectivity index (χ1n) is 10.8. The van der Waals surface area contributed by atoms with Crippen molar-refractivity contribution in [1.29, 1.82) is 0 Å². The highest BCUT2D eigenvalue weighted by Crippen LogP contribution is 2.56. The lowest BCUT2D eigenvalue weighted by Crippen LogP contribution is -2.60. The van der Waals surface area contributed by atoms with Crippen LogP contribution in [0, 0.1) is 5.92 Å². The number of likely N-dealkylation sites (tertiary alicyclic amines) is 1. The van der Waals surface area contributed by atoms with Crippen molar-refractivity contribution in [2.45, 2.75) is 56.5 Å². The van der Waals surface area contributed by atoms with Gasteiger partial charge in [-0.1, -0.05) is 49.2 Å². The third-order valence-corrected chi connectivity index (χ3v) is 7.89. The highest BCUT2D eigenvalue weighted by atomic mass is 32.2. The van der Waals surface area contributed by atoms with Crippen LogP contribution in [0.5, 0.6) is 5.75 Å². The number of hydrogen-bond acceptors (Lipinski definition) is 4. The third-order valence-electron chi connectivity index (χ3n) is 7.40. The van der Waals surface area contributed by atoms with Gasteiger partial charge in [-0.3, -0.25) is 4.90 Å². The average Bonchev–Trinajstić information content (AvgIpc) is 2.70. The fourth-order valence-electron chi connectivity index (χ4n) is 6.30. The fraction of sp³-hybridized carbons (Fsp3) is 0.500. The topological polar surface area (TPSA) is 46.6 Å². The molecule has 3 atom stereocenters. The minimum absolute atomic E-state index is 0.181. The van der Waals surface area contributed by atoms with Gasteiger partial charge in [-0.25, -0.2) is 0 Å². The molecule has 1 aliphatic heterocycles. The number of rotatable bonds is 4. The minimum Gasteiger partial charge on any atom is -0.383 e. The van der Waals surface area contributed by atoms with Gasteiger partial charge in [0.15, 0.2) is 0 Å². The predicted octanol–water partition coefficient (Wildman–Crippen LogP) is 4.28. The molecule has 0 aromatic heterocycles. The van der Waals surface area contributed by atoms with E-state index in [1.165, 1.54) is 42.4 Å². The summed E-state index contributed by atoms with van der Waals surface area (Å²) in [4.78, 5) is 2.70. The van der Waals surface area contributed by atoms with Crippen LogP contribution < -0.4 is 4.18 Å². The summed E-state index contributed by atoms with van der Waals surface area (Å²) >= 11 is 0. The Morgan fingerprint density at radius 1 is 1.10 bits per heavy atom. The largest absolute Gasteiger partial charge is 0.383 e. The van der Waals surface area contributed by atoms with Gasteiger partial charge in [0.25, 0.3) is 0 Å². The third kappa shape index (κ3) is 3.49. The van der Waals surface area contributed by atoms with E-state index >= 15 is 0 Å². The maximum atomic E-state index is 11.7. The molecule has 29 heavy (non-hydrogen) atoms. The van der Waals surface area contributed by atoms with E-state index in [9.17, 15) is 8.42 Å². The van der Waals surface area contributed by atoms with Crippen LogP contribution in [-0.2, 0) is 28.5 Å². The number of benzene rings is 2. The lowest BCUT2D eigenvalue weighted by Gasteiger charge is -2.59. The summed E-state index contributed by atoms with van der Waals surface area (Å²) < 4.78 is 28.5. The van der Waals surface area contributed by atoms with Crippen LogP contribution in [0.4, 0.5) is 0 Å². The Hall–Kier alpha value is -1.85. The molecule has 5 heteroatoms. The molecule has 0 amide bonds. The van der Waals surface area contributed by atoms with Gasteiger partial charge in [0, 0.05) is 18.0 Å². The zero-order valence-corrected chi connectivity index (χ0v) is 17.8. The standard InChI is InChI=1S/C24H29NO3S/c1-29(26,27)28-20-11-10-19-15-23-21-9-5-6-12-24(21,22(19)16-20)13-14-25(23)17-18-7-3-2-4-8-18/h2-4,7-8,10-11,16,21,23H,5-6,9,12-15,17H2,1H3/t21-,23+,24+/m0/s1. The molecule has 0 N–H and O–H groups in total. The fourth-order valence-corrected chi connectivity index (χ4v) is 6.76. The molecule has 1 saturated carbocycles. The summed E-state index contributed by atoms with van der Waals surface area (Å²) in [6, 6.07) is 17.4. The monoisotopic (exact) mass is 411 g/mol. The first-order valence-corrected chi connectivity index (χ1v) is 12.6. The van der Waals surface area contributed by atoms with E-state index in [4.69, 9.17) is 4.18 Å². The van der Waals surface area contributed by atoms with E-state index < -0.39 is 10.1 Å². The normalized spacial score (nSPS) is 29.0. The van der Waals surface area contributed by atoms with Crippen LogP contribution in [0.1, 0.15) is 48.8 Å². The van der Waals surface area contributed by atoms with Crippen molar-refractivity contribution < 1.29 is 12.6 Å². The number of hydrogen-bond donors (Lipinski definition) is 0. The molecule has 1 saturated heterocycles. The second-order valence-electron chi connectivity index (χ2n) is 9.09. The zero-order chi connectivity index (χ0) is 20.1. The lowest BCUT2D eigenvalue weighted by atomic mass is 9.52. The highest BCUT2D eigenvalue weighted by Gasteiger charge is 2.53. The van der Waals surface area contributed by atoms with Gasteiger partial charge >= 0.3 is 10.1 Å². The predicted molar refractivity (Wildman–Crippen MR) is 115 cm³/mol. The zero-order valence-electron chi connectivity index (χ0n) is 17.0. The molecular formula is C24H29NO3S. The summed E-state index contributed by atoms with van der Waals surface area (Å²) in [5.41, 5.74) is 4.31. The average molecular weight is 412 g/mol. The van der Waals surface area contributed by atoms with Gasteiger partial charge in [0.05, 0.1) is 6.26 Å². The van der Waals surface area contributed by atoms with Crippen LogP contribution in [-0.4, -0.2) is 32.2 Å². The van der Waals surface area contributed by atoms with Gasteiger partial charge in [-0.2, -0.15) is 8.42 Å². The van der Waals surface area contributed by atoms with Gasteiger partial charge in [0.1, 0.15) is 5.75 Å². The van der Waals surface area contributed by atoms with Crippen molar-refractivity contribution >= 4 is 10.1 Å². The van der Waals surface area contributed by atoms with Gasteiger partial charge < -0.3 is 4.18 Å². The maximum Gasteiger partial charge on any atom is 0.306 e. The van der Waals surface area contributed by atoms with Gasteiger partial charge in [-0.15, -0.1) is 0 Å². The molecule has 5 rings (SSSR count). The van der Waals surface area contributed by atoms with E-state index in [-0.39, 0.29) is 5.41 Å². The first-order chi connectivity index (χ1) is 13.9. The molecule has 2 aromatic carbocycles. The second kappa shape index (κ2) is 7.13. The van der Waals surface area contributed by atoms with Gasteiger partial charge in [-0.05, 0) is 67.0 Å². The SMILES string of the molecule is CS(=O)(=O)Oc1ccc2c(c1)[C@@]13CCCC[C@H]1[C@@H](C2)N(Cc1ccccc1)CC3. The Morgan fingerprint density at radius 3 is 2.72 bits per heavy atom. The maximum absolute atomic E-state index is 11.7. The second-order valence-corrected chi connectivity index (χ2v) is 10.7. The number of piperidine rings is 1. The number of nitrogens with zero attached hydrogens (tertiary/aromatic N) is 1. The Bertz CT molecular complexity index is 1000. The van der Waals surface area contributed by atoms with E-state index in [1.807, 2.05) is 12.1 Å². The molecule has 154 valence electrons. The van der Waals surface area contributed by atoms with Crippen molar-refractivity contribution in [3.63, 3.8) is 0 Å².